The lowest BCUT2D eigenvalue weighted by molar-refractivity contribution is 0.117. The van der Waals surface area contributed by atoms with Crippen LogP contribution in [0.3, 0.4) is 0 Å². The Morgan fingerprint density at radius 1 is 1.50 bits per heavy atom. The number of likely N-dealkylation sites (N-methyl/N-ethyl adjacent to an activating group) is 1. The predicted octanol–water partition coefficient (Wildman–Crippen LogP) is 1.60. The molecule has 1 rings (SSSR count). The highest BCUT2D eigenvalue weighted by Crippen LogP contribution is 2.24. The van der Waals surface area contributed by atoms with Gasteiger partial charge in [0.05, 0.1) is 13.2 Å². The number of halogens is 1. The van der Waals surface area contributed by atoms with E-state index in [1.807, 2.05) is 25.2 Å². The number of benzene rings is 1. The Kier molecular flexibility index (Phi) is 6.63. The monoisotopic (exact) mass is 316 g/mol. The van der Waals surface area contributed by atoms with Gasteiger partial charge in [-0.2, -0.15) is 0 Å². The molecule has 0 spiro atoms. The molecular formula is C13H21BrN2O2. The van der Waals surface area contributed by atoms with Gasteiger partial charge in [-0.1, -0.05) is 15.9 Å². The third-order valence-corrected chi connectivity index (χ3v) is 3.20. The Balaban J connectivity index is 2.63. The van der Waals surface area contributed by atoms with Gasteiger partial charge in [0.2, 0.25) is 0 Å². The number of nitrogens with zero attached hydrogens (tertiary/aromatic N) is 1. The van der Waals surface area contributed by atoms with E-state index in [0.717, 1.165) is 22.3 Å². The summed E-state index contributed by atoms with van der Waals surface area (Å²) in [4.78, 5) is 2.06. The standard InChI is InChI=1S/C13H21BrN2O2/c1-16(9-12(17)5-6-15)8-10-7-11(14)3-4-13(10)18-2/h3-4,7,12,17H,5-6,8-9,15H2,1-2H3. The lowest BCUT2D eigenvalue weighted by Crippen LogP contribution is -2.30. The molecule has 18 heavy (non-hydrogen) atoms. The van der Waals surface area contributed by atoms with Crippen LogP contribution in [0.2, 0.25) is 0 Å². The number of hydrogen-bond donors (Lipinski definition) is 2. The van der Waals surface area contributed by atoms with E-state index < -0.39 is 0 Å². The summed E-state index contributed by atoms with van der Waals surface area (Å²) in [5, 5.41) is 9.72. The molecule has 102 valence electrons. The highest BCUT2D eigenvalue weighted by molar-refractivity contribution is 9.10. The van der Waals surface area contributed by atoms with Crippen molar-refractivity contribution in [3.8, 4) is 5.75 Å². The van der Waals surface area contributed by atoms with Gasteiger partial charge in [0.25, 0.3) is 0 Å². The first kappa shape index (κ1) is 15.4. The fraction of sp³-hybridized carbons (Fsp3) is 0.538. The summed E-state index contributed by atoms with van der Waals surface area (Å²) in [5.74, 6) is 0.860. The van der Waals surface area contributed by atoms with Crippen molar-refractivity contribution in [3.05, 3.63) is 28.2 Å². The Morgan fingerprint density at radius 3 is 2.83 bits per heavy atom. The van der Waals surface area contributed by atoms with Gasteiger partial charge in [-0.15, -0.1) is 0 Å². The van der Waals surface area contributed by atoms with Crippen LogP contribution in [-0.2, 0) is 6.54 Å². The summed E-state index contributed by atoms with van der Waals surface area (Å²) in [6.07, 6.45) is 0.248. The minimum absolute atomic E-state index is 0.377. The molecule has 0 radical (unpaired) electrons. The minimum atomic E-state index is -0.377. The topological polar surface area (TPSA) is 58.7 Å². The van der Waals surface area contributed by atoms with Gasteiger partial charge < -0.3 is 15.6 Å². The summed E-state index contributed by atoms with van der Waals surface area (Å²) in [7, 11) is 3.64. The maximum Gasteiger partial charge on any atom is 0.123 e. The first-order valence-corrected chi connectivity index (χ1v) is 6.75. The molecule has 4 nitrogen and oxygen atoms in total. The van der Waals surface area contributed by atoms with Gasteiger partial charge in [-0.25, -0.2) is 0 Å². The molecular weight excluding hydrogens is 296 g/mol. The average molecular weight is 317 g/mol. The zero-order valence-electron chi connectivity index (χ0n) is 10.9. The molecule has 1 atom stereocenters. The summed E-state index contributed by atoms with van der Waals surface area (Å²) >= 11 is 3.45. The summed E-state index contributed by atoms with van der Waals surface area (Å²) in [6, 6.07) is 5.92. The van der Waals surface area contributed by atoms with Gasteiger partial charge in [-0.3, -0.25) is 4.90 Å². The van der Waals surface area contributed by atoms with Crippen LogP contribution in [0, 0.1) is 0 Å². The van der Waals surface area contributed by atoms with Crippen LogP contribution in [0.4, 0.5) is 0 Å². The maximum atomic E-state index is 9.72. The van der Waals surface area contributed by atoms with E-state index in [0.29, 0.717) is 19.5 Å². The first-order valence-electron chi connectivity index (χ1n) is 5.96. The molecule has 1 aromatic carbocycles. The fourth-order valence-electron chi connectivity index (χ4n) is 1.87. The Morgan fingerprint density at radius 2 is 2.22 bits per heavy atom. The van der Waals surface area contributed by atoms with Crippen LogP contribution in [0.15, 0.2) is 22.7 Å². The van der Waals surface area contributed by atoms with E-state index in [2.05, 4.69) is 20.8 Å². The van der Waals surface area contributed by atoms with Crippen molar-refractivity contribution in [1.29, 1.82) is 0 Å². The van der Waals surface area contributed by atoms with Gasteiger partial charge in [-0.05, 0) is 38.2 Å². The second-order valence-electron chi connectivity index (χ2n) is 4.38. The normalized spacial score (nSPS) is 12.8. The number of ether oxygens (including phenoxy) is 1. The van der Waals surface area contributed by atoms with Crippen LogP contribution < -0.4 is 10.5 Å². The number of rotatable bonds is 7. The molecule has 0 amide bonds. The van der Waals surface area contributed by atoms with Gasteiger partial charge >= 0.3 is 0 Å². The van der Waals surface area contributed by atoms with Gasteiger partial charge in [0.15, 0.2) is 0 Å². The number of aliphatic hydroxyl groups excluding tert-OH is 1. The van der Waals surface area contributed by atoms with Gasteiger partial charge in [0, 0.05) is 23.1 Å². The highest BCUT2D eigenvalue weighted by Gasteiger charge is 2.10. The third-order valence-electron chi connectivity index (χ3n) is 2.71. The Labute approximate surface area is 117 Å². The Hall–Kier alpha value is -0.620. The number of methoxy groups -OCH3 is 1. The average Bonchev–Trinajstić information content (AvgIpc) is 2.29. The van der Waals surface area contributed by atoms with Crippen molar-refractivity contribution in [3.63, 3.8) is 0 Å². The molecule has 5 heteroatoms. The van der Waals surface area contributed by atoms with Crippen molar-refractivity contribution in [2.45, 2.75) is 19.1 Å². The van der Waals surface area contributed by atoms with Crippen LogP contribution in [-0.4, -0.2) is 43.4 Å². The van der Waals surface area contributed by atoms with Crippen LogP contribution in [0.1, 0.15) is 12.0 Å². The van der Waals surface area contributed by atoms with E-state index in [1.165, 1.54) is 0 Å². The Bertz CT molecular complexity index is 374. The van der Waals surface area contributed by atoms with Crippen LogP contribution in [0.25, 0.3) is 0 Å². The second-order valence-corrected chi connectivity index (χ2v) is 5.30. The van der Waals surface area contributed by atoms with Crippen molar-refractivity contribution in [2.75, 3.05) is 27.2 Å². The quantitative estimate of drug-likeness (QED) is 0.802. The second kappa shape index (κ2) is 7.74. The highest BCUT2D eigenvalue weighted by atomic mass is 79.9. The van der Waals surface area contributed by atoms with Crippen LogP contribution in [0.5, 0.6) is 5.75 Å². The zero-order valence-corrected chi connectivity index (χ0v) is 12.5. The molecule has 0 aromatic heterocycles. The lowest BCUT2D eigenvalue weighted by atomic mass is 10.1. The van der Waals surface area contributed by atoms with E-state index >= 15 is 0 Å². The lowest BCUT2D eigenvalue weighted by Gasteiger charge is -2.21. The molecule has 0 bridgehead atoms. The van der Waals surface area contributed by atoms with Crippen molar-refractivity contribution < 1.29 is 9.84 Å². The molecule has 0 aliphatic rings. The SMILES string of the molecule is COc1ccc(Br)cc1CN(C)CC(O)CCN. The van der Waals surface area contributed by atoms with Crippen LogP contribution >= 0.6 is 15.9 Å². The molecule has 0 aliphatic heterocycles. The molecule has 1 aromatic rings. The molecule has 1 unspecified atom stereocenters. The summed E-state index contributed by atoms with van der Waals surface area (Å²) < 4.78 is 6.35. The molecule has 0 heterocycles. The number of hydrogen-bond acceptors (Lipinski definition) is 4. The number of aliphatic hydroxyl groups is 1. The van der Waals surface area contributed by atoms with Crippen molar-refractivity contribution in [1.82, 2.24) is 4.90 Å². The van der Waals surface area contributed by atoms with E-state index in [-0.39, 0.29) is 6.10 Å². The molecule has 0 fully saturated rings. The fourth-order valence-corrected chi connectivity index (χ4v) is 2.28. The van der Waals surface area contributed by atoms with E-state index in [9.17, 15) is 5.11 Å². The minimum Gasteiger partial charge on any atom is -0.496 e. The number of nitrogens with two attached hydrogens (primary N) is 1. The predicted molar refractivity (Wildman–Crippen MR) is 76.7 cm³/mol. The van der Waals surface area contributed by atoms with E-state index in [4.69, 9.17) is 10.5 Å². The first-order chi connectivity index (χ1) is 8.56. The van der Waals surface area contributed by atoms with Crippen molar-refractivity contribution in [2.24, 2.45) is 5.73 Å². The molecule has 0 saturated heterocycles. The maximum absolute atomic E-state index is 9.72. The smallest absolute Gasteiger partial charge is 0.123 e. The van der Waals surface area contributed by atoms with Crippen molar-refractivity contribution >= 4 is 15.9 Å². The summed E-state index contributed by atoms with van der Waals surface area (Å²) in [5.41, 5.74) is 6.51. The largest absolute Gasteiger partial charge is 0.496 e. The molecule has 0 saturated carbocycles. The molecule has 0 aliphatic carbocycles. The zero-order chi connectivity index (χ0) is 13.5. The molecule has 3 N–H and O–H groups in total. The van der Waals surface area contributed by atoms with Gasteiger partial charge in [0.1, 0.15) is 5.75 Å². The van der Waals surface area contributed by atoms with E-state index in [1.54, 1.807) is 7.11 Å². The third kappa shape index (κ3) is 4.94. The summed E-state index contributed by atoms with van der Waals surface area (Å²) in [6.45, 7) is 1.84.